The van der Waals surface area contributed by atoms with Gasteiger partial charge in [-0.15, -0.1) is 0 Å². The maximum Gasteiger partial charge on any atom is 0.321 e. The van der Waals surface area contributed by atoms with E-state index in [1.165, 1.54) is 0 Å². The maximum absolute atomic E-state index is 12.8. The van der Waals surface area contributed by atoms with Crippen LogP contribution in [0.5, 0.6) is 11.5 Å². The predicted molar refractivity (Wildman–Crippen MR) is 116 cm³/mol. The molecule has 1 saturated heterocycles. The van der Waals surface area contributed by atoms with Gasteiger partial charge in [0.15, 0.2) is 11.5 Å². The number of benzene rings is 2. The van der Waals surface area contributed by atoms with Gasteiger partial charge in [-0.2, -0.15) is 0 Å². The zero-order chi connectivity index (χ0) is 21.5. The van der Waals surface area contributed by atoms with Crippen LogP contribution in [0.2, 0.25) is 0 Å². The molecular formula is C23H29N3O4. The van der Waals surface area contributed by atoms with Crippen molar-refractivity contribution >= 4 is 17.6 Å². The van der Waals surface area contributed by atoms with Crippen LogP contribution in [0.3, 0.4) is 0 Å². The van der Waals surface area contributed by atoms with E-state index in [9.17, 15) is 9.59 Å². The first-order valence-electron chi connectivity index (χ1n) is 10.1. The van der Waals surface area contributed by atoms with E-state index in [1.54, 1.807) is 19.1 Å². The monoisotopic (exact) mass is 411 g/mol. The van der Waals surface area contributed by atoms with Crippen LogP contribution in [0.15, 0.2) is 42.5 Å². The largest absolute Gasteiger partial charge is 0.493 e. The number of amides is 3. The third kappa shape index (κ3) is 5.23. The van der Waals surface area contributed by atoms with Gasteiger partial charge < -0.3 is 25.0 Å². The first-order chi connectivity index (χ1) is 14.5. The number of para-hydroxylation sites is 1. The molecule has 1 atom stereocenters. The van der Waals surface area contributed by atoms with Crippen LogP contribution in [0.1, 0.15) is 24.0 Å². The van der Waals surface area contributed by atoms with Crippen molar-refractivity contribution in [1.82, 2.24) is 10.2 Å². The normalized spacial score (nSPS) is 16.0. The van der Waals surface area contributed by atoms with Crippen molar-refractivity contribution in [3.63, 3.8) is 0 Å². The number of methoxy groups -OCH3 is 2. The second-order valence-corrected chi connectivity index (χ2v) is 7.46. The number of hydrogen-bond acceptors (Lipinski definition) is 4. The number of aryl methyl sites for hydroxylation is 1. The third-order valence-electron chi connectivity index (χ3n) is 5.29. The van der Waals surface area contributed by atoms with E-state index in [1.807, 2.05) is 49.4 Å². The summed E-state index contributed by atoms with van der Waals surface area (Å²) in [5.41, 5.74) is 2.68. The zero-order valence-electron chi connectivity index (χ0n) is 17.7. The number of piperidine rings is 1. The van der Waals surface area contributed by atoms with E-state index in [-0.39, 0.29) is 17.9 Å². The molecule has 3 amide bonds. The molecule has 0 radical (unpaired) electrons. The second-order valence-electron chi connectivity index (χ2n) is 7.46. The molecule has 1 unspecified atom stereocenters. The Morgan fingerprint density at radius 2 is 1.93 bits per heavy atom. The fraction of sp³-hybridized carbons (Fsp3) is 0.391. The van der Waals surface area contributed by atoms with Crippen molar-refractivity contribution in [2.24, 2.45) is 5.92 Å². The van der Waals surface area contributed by atoms with Crippen LogP contribution in [0, 0.1) is 12.8 Å². The van der Waals surface area contributed by atoms with Crippen molar-refractivity contribution in [3.05, 3.63) is 53.6 Å². The van der Waals surface area contributed by atoms with Gasteiger partial charge in [0.05, 0.1) is 20.1 Å². The molecular weight excluding hydrogens is 382 g/mol. The fourth-order valence-electron chi connectivity index (χ4n) is 3.72. The van der Waals surface area contributed by atoms with Crippen molar-refractivity contribution < 1.29 is 19.1 Å². The molecule has 2 aromatic carbocycles. The topological polar surface area (TPSA) is 79.9 Å². The molecule has 7 heteroatoms. The number of rotatable bonds is 6. The molecule has 1 fully saturated rings. The Kier molecular flexibility index (Phi) is 7.17. The Labute approximate surface area is 177 Å². The molecule has 2 N–H and O–H groups in total. The average Bonchev–Trinajstić information content (AvgIpc) is 2.77. The smallest absolute Gasteiger partial charge is 0.321 e. The van der Waals surface area contributed by atoms with Gasteiger partial charge in [0, 0.05) is 30.9 Å². The molecule has 1 heterocycles. The highest BCUT2D eigenvalue weighted by Gasteiger charge is 2.28. The van der Waals surface area contributed by atoms with Crippen molar-refractivity contribution in [3.8, 4) is 11.5 Å². The highest BCUT2D eigenvalue weighted by Crippen LogP contribution is 2.30. The minimum atomic E-state index is -0.237. The van der Waals surface area contributed by atoms with Crippen LogP contribution in [-0.4, -0.2) is 44.1 Å². The van der Waals surface area contributed by atoms with E-state index in [0.717, 1.165) is 29.7 Å². The van der Waals surface area contributed by atoms with Gasteiger partial charge in [-0.3, -0.25) is 4.79 Å². The van der Waals surface area contributed by atoms with Crippen molar-refractivity contribution in [2.75, 3.05) is 32.6 Å². The molecule has 0 spiro atoms. The van der Waals surface area contributed by atoms with E-state index in [4.69, 9.17) is 9.47 Å². The predicted octanol–water partition coefficient (Wildman–Crippen LogP) is 3.57. The fourth-order valence-corrected chi connectivity index (χ4v) is 3.72. The summed E-state index contributed by atoms with van der Waals surface area (Å²) in [7, 11) is 3.16. The molecule has 1 aliphatic heterocycles. The number of nitrogens with zero attached hydrogens (tertiary/aromatic N) is 1. The molecule has 7 nitrogen and oxygen atoms in total. The summed E-state index contributed by atoms with van der Waals surface area (Å²) in [5.74, 6) is 0.940. The Balaban J connectivity index is 1.57. The van der Waals surface area contributed by atoms with Crippen LogP contribution in [-0.2, 0) is 11.3 Å². The summed E-state index contributed by atoms with van der Waals surface area (Å²) in [6.45, 7) is 3.36. The molecule has 0 aliphatic carbocycles. The standard InChI is InChI=1S/C23H29N3O4/c1-16-7-4-10-19(13-16)25-23(28)26-12-6-9-18(15-26)22(27)24-14-17-8-5-11-20(29-2)21(17)30-3/h4-5,7-8,10-11,13,18H,6,9,12,14-15H2,1-3H3,(H,24,27)(H,25,28). The van der Waals surface area contributed by atoms with Gasteiger partial charge in [0.25, 0.3) is 0 Å². The van der Waals surface area contributed by atoms with Crippen LogP contribution in [0.25, 0.3) is 0 Å². The van der Waals surface area contributed by atoms with Gasteiger partial charge in [0.2, 0.25) is 5.91 Å². The lowest BCUT2D eigenvalue weighted by Gasteiger charge is -2.32. The summed E-state index contributed by atoms with van der Waals surface area (Å²) in [6, 6.07) is 13.1. The highest BCUT2D eigenvalue weighted by molar-refractivity contribution is 5.90. The number of nitrogens with one attached hydrogen (secondary N) is 2. The summed E-state index contributed by atoms with van der Waals surface area (Å²) < 4.78 is 10.7. The SMILES string of the molecule is COc1cccc(CNC(=O)C2CCCN(C(=O)Nc3cccc(C)c3)C2)c1OC. The van der Waals surface area contributed by atoms with Crippen LogP contribution < -0.4 is 20.1 Å². The Bertz CT molecular complexity index is 900. The maximum atomic E-state index is 12.8. The molecule has 160 valence electrons. The van der Waals surface area contributed by atoms with E-state index >= 15 is 0 Å². The van der Waals surface area contributed by atoms with Gasteiger partial charge >= 0.3 is 6.03 Å². The van der Waals surface area contributed by atoms with Crippen LogP contribution in [0.4, 0.5) is 10.5 Å². The summed E-state index contributed by atoms with van der Waals surface area (Å²) in [5, 5.41) is 5.90. The van der Waals surface area contributed by atoms with E-state index in [0.29, 0.717) is 31.1 Å². The minimum absolute atomic E-state index is 0.0621. The highest BCUT2D eigenvalue weighted by atomic mass is 16.5. The lowest BCUT2D eigenvalue weighted by molar-refractivity contribution is -0.126. The third-order valence-corrected chi connectivity index (χ3v) is 5.29. The number of urea groups is 1. The Hall–Kier alpha value is -3.22. The number of anilines is 1. The molecule has 0 saturated carbocycles. The zero-order valence-corrected chi connectivity index (χ0v) is 17.7. The molecule has 30 heavy (non-hydrogen) atoms. The molecule has 0 bridgehead atoms. The van der Waals surface area contributed by atoms with Crippen LogP contribution >= 0.6 is 0 Å². The number of carbonyl (C=O) groups excluding carboxylic acids is 2. The van der Waals surface area contributed by atoms with Crippen molar-refractivity contribution in [2.45, 2.75) is 26.3 Å². The lowest BCUT2D eigenvalue weighted by Crippen LogP contribution is -2.46. The van der Waals surface area contributed by atoms with E-state index in [2.05, 4.69) is 10.6 Å². The Morgan fingerprint density at radius 1 is 1.13 bits per heavy atom. The lowest BCUT2D eigenvalue weighted by atomic mass is 9.97. The molecule has 0 aromatic heterocycles. The number of hydrogen-bond donors (Lipinski definition) is 2. The van der Waals surface area contributed by atoms with Gasteiger partial charge in [-0.1, -0.05) is 24.3 Å². The summed E-state index contributed by atoms with van der Waals surface area (Å²) in [4.78, 5) is 27.1. The van der Waals surface area contributed by atoms with Crippen molar-refractivity contribution in [1.29, 1.82) is 0 Å². The first kappa shape index (κ1) is 21.5. The first-order valence-corrected chi connectivity index (χ1v) is 10.1. The van der Waals surface area contributed by atoms with Gasteiger partial charge in [-0.05, 0) is 43.5 Å². The van der Waals surface area contributed by atoms with Gasteiger partial charge in [-0.25, -0.2) is 4.79 Å². The molecule has 3 rings (SSSR count). The molecule has 1 aliphatic rings. The number of likely N-dealkylation sites (tertiary alicyclic amines) is 1. The second kappa shape index (κ2) is 10.0. The average molecular weight is 412 g/mol. The molecule has 2 aromatic rings. The number of carbonyl (C=O) groups is 2. The summed E-state index contributed by atoms with van der Waals surface area (Å²) >= 11 is 0. The number of ether oxygens (including phenoxy) is 2. The van der Waals surface area contributed by atoms with Gasteiger partial charge in [0.1, 0.15) is 0 Å². The Morgan fingerprint density at radius 3 is 2.67 bits per heavy atom. The minimum Gasteiger partial charge on any atom is -0.493 e. The quantitative estimate of drug-likeness (QED) is 0.762. The van der Waals surface area contributed by atoms with E-state index < -0.39 is 0 Å². The summed E-state index contributed by atoms with van der Waals surface area (Å²) in [6.07, 6.45) is 1.55.